The molecule has 0 saturated heterocycles. The molecule has 0 spiro atoms. The van der Waals surface area contributed by atoms with E-state index in [1.165, 1.54) is 0 Å². The maximum atomic E-state index is 9.80. The van der Waals surface area contributed by atoms with E-state index in [-0.39, 0.29) is 0 Å². The topological polar surface area (TPSA) is 41.5 Å². The van der Waals surface area contributed by atoms with Crippen molar-refractivity contribution in [3.63, 3.8) is 0 Å². The number of benzene rings is 2. The Kier molecular flexibility index (Phi) is 4.34. The van der Waals surface area contributed by atoms with E-state index in [0.717, 1.165) is 17.1 Å². The lowest BCUT2D eigenvalue weighted by Crippen LogP contribution is -2.16. The van der Waals surface area contributed by atoms with Gasteiger partial charge >= 0.3 is 0 Å². The lowest BCUT2D eigenvalue weighted by Gasteiger charge is -2.11. The molecule has 2 aromatic rings. The lowest BCUT2D eigenvalue weighted by atomic mass is 10.1. The second kappa shape index (κ2) is 6.19. The van der Waals surface area contributed by atoms with E-state index in [4.69, 9.17) is 4.74 Å². The molecule has 0 aliphatic heterocycles. The summed E-state index contributed by atoms with van der Waals surface area (Å²) in [5.41, 5.74) is 0.879. The maximum absolute atomic E-state index is 9.80. The number of nitrogens with one attached hydrogen (secondary N) is 1. The first-order chi connectivity index (χ1) is 8.79. The molecule has 0 radical (unpaired) electrons. The zero-order chi connectivity index (χ0) is 12.8. The van der Waals surface area contributed by atoms with E-state index in [2.05, 4.69) is 5.32 Å². The van der Waals surface area contributed by atoms with Gasteiger partial charge in [0.15, 0.2) is 0 Å². The van der Waals surface area contributed by atoms with Crippen LogP contribution in [0, 0.1) is 0 Å². The second-order valence-electron chi connectivity index (χ2n) is 4.06. The number of hydrogen-bond acceptors (Lipinski definition) is 3. The molecule has 18 heavy (non-hydrogen) atoms. The fraction of sp³-hybridized carbons (Fsp3) is 0.200. The van der Waals surface area contributed by atoms with E-state index < -0.39 is 6.10 Å². The first-order valence-corrected chi connectivity index (χ1v) is 5.95. The van der Waals surface area contributed by atoms with E-state index in [1.807, 2.05) is 61.6 Å². The van der Waals surface area contributed by atoms with Crippen molar-refractivity contribution in [1.29, 1.82) is 0 Å². The Balaban J connectivity index is 2.04. The minimum absolute atomic E-state index is 0.485. The van der Waals surface area contributed by atoms with Crippen LogP contribution in [0.4, 0.5) is 0 Å². The number of aliphatic hydroxyl groups excluding tert-OH is 1. The van der Waals surface area contributed by atoms with Crippen molar-refractivity contribution in [2.75, 3.05) is 13.6 Å². The van der Waals surface area contributed by atoms with Gasteiger partial charge in [0, 0.05) is 6.54 Å². The summed E-state index contributed by atoms with van der Waals surface area (Å²) in [6.45, 7) is 0.541. The van der Waals surface area contributed by atoms with Crippen LogP contribution >= 0.6 is 0 Å². The van der Waals surface area contributed by atoms with E-state index >= 15 is 0 Å². The summed E-state index contributed by atoms with van der Waals surface area (Å²) in [4.78, 5) is 0. The highest BCUT2D eigenvalue weighted by molar-refractivity contribution is 5.33. The second-order valence-corrected chi connectivity index (χ2v) is 4.06. The fourth-order valence-electron chi connectivity index (χ4n) is 1.69. The van der Waals surface area contributed by atoms with Gasteiger partial charge in [0.1, 0.15) is 11.5 Å². The van der Waals surface area contributed by atoms with Gasteiger partial charge in [-0.1, -0.05) is 30.3 Å². The summed E-state index contributed by atoms with van der Waals surface area (Å²) in [7, 11) is 1.82. The molecule has 0 bridgehead atoms. The number of ether oxygens (including phenoxy) is 1. The van der Waals surface area contributed by atoms with Crippen LogP contribution in [0.25, 0.3) is 0 Å². The van der Waals surface area contributed by atoms with Crippen LogP contribution in [0.3, 0.4) is 0 Å². The number of hydrogen-bond donors (Lipinski definition) is 2. The molecule has 0 amide bonds. The third-order valence-electron chi connectivity index (χ3n) is 2.64. The van der Waals surface area contributed by atoms with Crippen LogP contribution in [0.15, 0.2) is 54.6 Å². The summed E-state index contributed by atoms with van der Waals surface area (Å²) in [6.07, 6.45) is -0.485. The Labute approximate surface area is 107 Å². The monoisotopic (exact) mass is 243 g/mol. The van der Waals surface area contributed by atoms with Crippen LogP contribution in [0.1, 0.15) is 11.7 Å². The number of likely N-dealkylation sites (N-methyl/N-ethyl adjacent to an activating group) is 1. The summed E-state index contributed by atoms with van der Waals surface area (Å²) < 4.78 is 5.68. The molecule has 0 aliphatic rings. The molecule has 0 aliphatic carbocycles. The van der Waals surface area contributed by atoms with E-state index in [1.54, 1.807) is 0 Å². The minimum Gasteiger partial charge on any atom is -0.457 e. The van der Waals surface area contributed by atoms with Crippen LogP contribution in [-0.2, 0) is 0 Å². The molecule has 3 heteroatoms. The number of rotatable bonds is 5. The number of aliphatic hydroxyl groups is 1. The smallest absolute Gasteiger partial charge is 0.127 e. The average Bonchev–Trinajstić information content (AvgIpc) is 2.41. The van der Waals surface area contributed by atoms with Gasteiger partial charge in [0.25, 0.3) is 0 Å². The van der Waals surface area contributed by atoms with Crippen LogP contribution in [-0.4, -0.2) is 18.7 Å². The molecule has 2 N–H and O–H groups in total. The SMILES string of the molecule is CNCC(O)c1ccc(Oc2ccccc2)cc1. The molecule has 2 aromatic carbocycles. The zero-order valence-electron chi connectivity index (χ0n) is 10.3. The Morgan fingerprint density at radius 2 is 1.61 bits per heavy atom. The van der Waals surface area contributed by atoms with Crippen molar-refractivity contribution in [3.05, 3.63) is 60.2 Å². The zero-order valence-corrected chi connectivity index (χ0v) is 10.3. The van der Waals surface area contributed by atoms with Gasteiger partial charge in [-0.15, -0.1) is 0 Å². The molecule has 0 heterocycles. The van der Waals surface area contributed by atoms with Gasteiger partial charge in [0.2, 0.25) is 0 Å². The molecule has 0 fully saturated rings. The summed E-state index contributed by atoms with van der Waals surface area (Å²) in [5.74, 6) is 1.57. The molecule has 0 saturated carbocycles. The highest BCUT2D eigenvalue weighted by Crippen LogP contribution is 2.22. The fourth-order valence-corrected chi connectivity index (χ4v) is 1.69. The van der Waals surface area contributed by atoms with E-state index in [0.29, 0.717) is 6.54 Å². The molecule has 1 atom stereocenters. The third-order valence-corrected chi connectivity index (χ3v) is 2.64. The van der Waals surface area contributed by atoms with Crippen molar-refractivity contribution in [3.8, 4) is 11.5 Å². The van der Waals surface area contributed by atoms with Crippen molar-refractivity contribution in [2.45, 2.75) is 6.10 Å². The summed E-state index contributed by atoms with van der Waals surface area (Å²) in [6, 6.07) is 17.1. The average molecular weight is 243 g/mol. The van der Waals surface area contributed by atoms with Gasteiger partial charge in [-0.3, -0.25) is 0 Å². The highest BCUT2D eigenvalue weighted by atomic mass is 16.5. The van der Waals surface area contributed by atoms with Crippen molar-refractivity contribution < 1.29 is 9.84 Å². The Morgan fingerprint density at radius 1 is 1.00 bits per heavy atom. The molecule has 1 unspecified atom stereocenters. The summed E-state index contributed by atoms with van der Waals surface area (Å²) >= 11 is 0. The van der Waals surface area contributed by atoms with Gasteiger partial charge in [0.05, 0.1) is 6.10 Å². The van der Waals surface area contributed by atoms with E-state index in [9.17, 15) is 5.11 Å². The highest BCUT2D eigenvalue weighted by Gasteiger charge is 2.06. The molecule has 0 aromatic heterocycles. The molecule has 94 valence electrons. The molecular weight excluding hydrogens is 226 g/mol. The van der Waals surface area contributed by atoms with Crippen LogP contribution in [0.5, 0.6) is 11.5 Å². The standard InChI is InChI=1S/C15H17NO2/c1-16-11-15(17)12-7-9-14(10-8-12)18-13-5-3-2-4-6-13/h2-10,15-17H,11H2,1H3. The normalized spacial score (nSPS) is 12.1. The number of para-hydroxylation sites is 1. The maximum Gasteiger partial charge on any atom is 0.127 e. The largest absolute Gasteiger partial charge is 0.457 e. The first-order valence-electron chi connectivity index (χ1n) is 5.95. The predicted molar refractivity (Wildman–Crippen MR) is 71.8 cm³/mol. The molecule has 3 nitrogen and oxygen atoms in total. The third kappa shape index (κ3) is 3.32. The molecular formula is C15H17NO2. The van der Waals surface area contributed by atoms with Gasteiger partial charge < -0.3 is 15.2 Å². The Morgan fingerprint density at radius 3 is 2.22 bits per heavy atom. The van der Waals surface area contributed by atoms with Gasteiger partial charge in [-0.2, -0.15) is 0 Å². The van der Waals surface area contributed by atoms with Crippen molar-refractivity contribution >= 4 is 0 Å². The van der Waals surface area contributed by atoms with Gasteiger partial charge in [-0.05, 0) is 36.9 Å². The molecule has 2 rings (SSSR count). The minimum atomic E-state index is -0.485. The van der Waals surface area contributed by atoms with Crippen LogP contribution < -0.4 is 10.1 Å². The lowest BCUT2D eigenvalue weighted by molar-refractivity contribution is 0.177. The van der Waals surface area contributed by atoms with Crippen LogP contribution in [0.2, 0.25) is 0 Å². The van der Waals surface area contributed by atoms with Crippen molar-refractivity contribution in [1.82, 2.24) is 5.32 Å². The first kappa shape index (κ1) is 12.6. The summed E-state index contributed by atoms with van der Waals surface area (Å²) in [5, 5.41) is 12.7. The van der Waals surface area contributed by atoms with Crippen molar-refractivity contribution in [2.24, 2.45) is 0 Å². The quantitative estimate of drug-likeness (QED) is 0.848. The Bertz CT molecular complexity index is 468. The predicted octanol–water partition coefficient (Wildman–Crippen LogP) is 2.73. The van der Waals surface area contributed by atoms with Gasteiger partial charge in [-0.25, -0.2) is 0 Å². The Hall–Kier alpha value is -1.84.